The highest BCUT2D eigenvalue weighted by Gasteiger charge is 2.23. The SMILES string of the molecule is O=C(OCC(=O)N1CCc2ccccc2C1)c1ccccc1C(=O)c1cccs1. The van der Waals surface area contributed by atoms with Crippen molar-refractivity contribution in [3.8, 4) is 0 Å². The third-order valence-electron chi connectivity index (χ3n) is 4.95. The van der Waals surface area contributed by atoms with Gasteiger partial charge in [0, 0.05) is 18.7 Å². The highest BCUT2D eigenvalue weighted by Crippen LogP contribution is 2.20. The topological polar surface area (TPSA) is 63.7 Å². The number of ketones is 1. The maximum Gasteiger partial charge on any atom is 0.339 e. The van der Waals surface area contributed by atoms with Gasteiger partial charge in [-0.15, -0.1) is 11.3 Å². The number of thiophene rings is 1. The highest BCUT2D eigenvalue weighted by molar-refractivity contribution is 7.12. The van der Waals surface area contributed by atoms with E-state index in [-0.39, 0.29) is 29.4 Å². The molecule has 0 fully saturated rings. The zero-order chi connectivity index (χ0) is 20.2. The third kappa shape index (κ3) is 4.12. The first-order valence-corrected chi connectivity index (χ1v) is 10.2. The van der Waals surface area contributed by atoms with Crippen LogP contribution in [-0.4, -0.2) is 35.7 Å². The third-order valence-corrected chi connectivity index (χ3v) is 5.82. The van der Waals surface area contributed by atoms with Crippen molar-refractivity contribution in [1.82, 2.24) is 4.90 Å². The van der Waals surface area contributed by atoms with Crippen LogP contribution in [-0.2, 0) is 22.5 Å². The van der Waals surface area contributed by atoms with Crippen LogP contribution in [0.25, 0.3) is 0 Å². The molecule has 0 spiro atoms. The zero-order valence-electron chi connectivity index (χ0n) is 15.7. The van der Waals surface area contributed by atoms with Crippen LogP contribution in [0.1, 0.15) is 36.7 Å². The maximum absolute atomic E-state index is 12.7. The van der Waals surface area contributed by atoms with Crippen LogP contribution in [0.5, 0.6) is 0 Å². The molecule has 2 aromatic carbocycles. The zero-order valence-corrected chi connectivity index (χ0v) is 16.5. The minimum atomic E-state index is -0.670. The Kier molecular flexibility index (Phi) is 5.53. The Hall–Kier alpha value is -3.25. The number of hydrogen-bond acceptors (Lipinski definition) is 5. The Morgan fingerprint density at radius 2 is 1.62 bits per heavy atom. The van der Waals surface area contributed by atoms with Gasteiger partial charge in [0.2, 0.25) is 5.78 Å². The van der Waals surface area contributed by atoms with Crippen molar-refractivity contribution in [1.29, 1.82) is 0 Å². The molecule has 5 nitrogen and oxygen atoms in total. The lowest BCUT2D eigenvalue weighted by Gasteiger charge is -2.28. The fourth-order valence-electron chi connectivity index (χ4n) is 3.40. The number of amides is 1. The summed E-state index contributed by atoms with van der Waals surface area (Å²) in [6.07, 6.45) is 0.786. The number of ether oxygens (including phenoxy) is 1. The van der Waals surface area contributed by atoms with Crippen molar-refractivity contribution in [2.24, 2.45) is 0 Å². The van der Waals surface area contributed by atoms with Crippen LogP contribution in [0.2, 0.25) is 0 Å². The Labute approximate surface area is 172 Å². The van der Waals surface area contributed by atoms with Crippen molar-refractivity contribution < 1.29 is 19.1 Å². The molecule has 2 heterocycles. The second-order valence-corrected chi connectivity index (χ2v) is 7.71. The molecule has 4 rings (SSSR count). The summed E-state index contributed by atoms with van der Waals surface area (Å²) in [6.45, 7) is 0.767. The Morgan fingerprint density at radius 1 is 0.897 bits per heavy atom. The van der Waals surface area contributed by atoms with Gasteiger partial charge in [-0.25, -0.2) is 4.79 Å². The summed E-state index contributed by atoms with van der Waals surface area (Å²) in [5.41, 5.74) is 2.81. The Balaban J connectivity index is 1.42. The van der Waals surface area contributed by atoms with Crippen LogP contribution in [0.4, 0.5) is 0 Å². The standard InChI is InChI=1S/C23H19NO4S/c25-21(24-12-11-16-6-1-2-7-17(16)14-24)15-28-23(27)19-9-4-3-8-18(19)22(26)20-10-5-13-29-20/h1-10,13H,11-12,14-15H2. The van der Waals surface area contributed by atoms with Crippen molar-refractivity contribution in [2.45, 2.75) is 13.0 Å². The fraction of sp³-hybridized carbons (Fsp3) is 0.174. The van der Waals surface area contributed by atoms with Gasteiger partial charge in [-0.05, 0) is 35.1 Å². The van der Waals surface area contributed by atoms with Crippen LogP contribution in [0.3, 0.4) is 0 Å². The number of hydrogen-bond donors (Lipinski definition) is 0. The normalized spacial score (nSPS) is 12.9. The molecule has 0 unspecified atom stereocenters. The van der Waals surface area contributed by atoms with Gasteiger partial charge in [0.05, 0.1) is 10.4 Å². The van der Waals surface area contributed by atoms with Gasteiger partial charge in [-0.1, -0.05) is 48.5 Å². The number of fused-ring (bicyclic) bond motifs is 1. The molecule has 3 aromatic rings. The predicted molar refractivity (Wildman–Crippen MR) is 110 cm³/mol. The summed E-state index contributed by atoms with van der Waals surface area (Å²) < 4.78 is 5.26. The Bertz CT molecular complexity index is 1060. The van der Waals surface area contributed by atoms with Crippen molar-refractivity contribution >= 4 is 29.0 Å². The second kappa shape index (κ2) is 8.41. The predicted octanol–water partition coefficient (Wildman–Crippen LogP) is 3.72. The van der Waals surface area contributed by atoms with Crippen molar-refractivity contribution in [2.75, 3.05) is 13.2 Å². The lowest BCUT2D eigenvalue weighted by atomic mass is 10.00. The van der Waals surface area contributed by atoms with Gasteiger partial charge in [-0.3, -0.25) is 9.59 Å². The minimum Gasteiger partial charge on any atom is -0.452 e. The van der Waals surface area contributed by atoms with Gasteiger partial charge >= 0.3 is 5.97 Å². The summed E-state index contributed by atoms with van der Waals surface area (Å²) in [5, 5.41) is 1.81. The molecule has 1 amide bonds. The largest absolute Gasteiger partial charge is 0.452 e. The van der Waals surface area contributed by atoms with E-state index in [0.717, 1.165) is 12.0 Å². The van der Waals surface area contributed by atoms with E-state index < -0.39 is 5.97 Å². The van der Waals surface area contributed by atoms with E-state index in [1.165, 1.54) is 16.9 Å². The quantitative estimate of drug-likeness (QED) is 0.479. The van der Waals surface area contributed by atoms with Gasteiger partial charge in [-0.2, -0.15) is 0 Å². The van der Waals surface area contributed by atoms with E-state index in [2.05, 4.69) is 6.07 Å². The van der Waals surface area contributed by atoms with E-state index in [1.54, 1.807) is 41.3 Å². The molecule has 0 radical (unpaired) electrons. The molecular formula is C23H19NO4S. The second-order valence-electron chi connectivity index (χ2n) is 6.76. The molecular weight excluding hydrogens is 386 g/mol. The molecule has 29 heavy (non-hydrogen) atoms. The minimum absolute atomic E-state index is 0.169. The smallest absolute Gasteiger partial charge is 0.339 e. The number of carbonyl (C=O) groups excluding carboxylic acids is 3. The van der Waals surface area contributed by atoms with Gasteiger partial charge < -0.3 is 9.64 Å². The monoisotopic (exact) mass is 405 g/mol. The first-order valence-electron chi connectivity index (χ1n) is 9.32. The molecule has 0 bridgehead atoms. The molecule has 0 N–H and O–H groups in total. The average molecular weight is 405 g/mol. The van der Waals surface area contributed by atoms with Crippen LogP contribution < -0.4 is 0 Å². The van der Waals surface area contributed by atoms with E-state index in [1.807, 2.05) is 23.6 Å². The molecule has 0 aliphatic carbocycles. The molecule has 0 saturated carbocycles. The number of nitrogens with zero attached hydrogens (tertiary/aromatic N) is 1. The van der Waals surface area contributed by atoms with Crippen LogP contribution in [0.15, 0.2) is 66.0 Å². The van der Waals surface area contributed by atoms with E-state index in [9.17, 15) is 14.4 Å². The Morgan fingerprint density at radius 3 is 2.38 bits per heavy atom. The van der Waals surface area contributed by atoms with Gasteiger partial charge in [0.15, 0.2) is 6.61 Å². The summed E-state index contributed by atoms with van der Waals surface area (Å²) in [6, 6.07) is 18.0. The molecule has 0 atom stereocenters. The molecule has 1 aliphatic rings. The summed E-state index contributed by atoms with van der Waals surface area (Å²) >= 11 is 1.32. The molecule has 146 valence electrons. The maximum atomic E-state index is 12.7. The number of rotatable bonds is 5. The number of esters is 1. The molecule has 6 heteroatoms. The number of benzene rings is 2. The van der Waals surface area contributed by atoms with Gasteiger partial charge in [0.25, 0.3) is 5.91 Å². The highest BCUT2D eigenvalue weighted by atomic mass is 32.1. The molecule has 0 saturated heterocycles. The summed E-state index contributed by atoms with van der Waals surface area (Å²) in [4.78, 5) is 40.0. The van der Waals surface area contributed by atoms with Crippen LogP contribution in [0, 0.1) is 0 Å². The van der Waals surface area contributed by atoms with Crippen molar-refractivity contribution in [3.63, 3.8) is 0 Å². The average Bonchev–Trinajstić information content (AvgIpc) is 3.31. The van der Waals surface area contributed by atoms with E-state index in [4.69, 9.17) is 4.74 Å². The molecule has 1 aromatic heterocycles. The first kappa shape index (κ1) is 19.1. The van der Waals surface area contributed by atoms with Crippen LogP contribution >= 0.6 is 11.3 Å². The fourth-order valence-corrected chi connectivity index (χ4v) is 4.08. The molecule has 1 aliphatic heterocycles. The first-order chi connectivity index (χ1) is 14.1. The van der Waals surface area contributed by atoms with Gasteiger partial charge in [0.1, 0.15) is 0 Å². The number of carbonyl (C=O) groups is 3. The lowest BCUT2D eigenvalue weighted by molar-refractivity contribution is -0.135. The van der Waals surface area contributed by atoms with E-state index >= 15 is 0 Å². The van der Waals surface area contributed by atoms with Crippen molar-refractivity contribution in [3.05, 3.63) is 93.2 Å². The summed E-state index contributed by atoms with van der Waals surface area (Å²) in [7, 11) is 0. The summed E-state index contributed by atoms with van der Waals surface area (Å²) in [5.74, 6) is -1.14. The lowest BCUT2D eigenvalue weighted by Crippen LogP contribution is -2.38. The van der Waals surface area contributed by atoms with E-state index in [0.29, 0.717) is 18.0 Å².